The predicted octanol–water partition coefficient (Wildman–Crippen LogP) is 1.29. The molecular weight excluding hydrogens is 273 g/mol. The van der Waals surface area contributed by atoms with Gasteiger partial charge in [-0.15, -0.1) is 0 Å². The average molecular weight is 294 g/mol. The number of nitrogens with zero attached hydrogens (tertiary/aromatic N) is 1. The Bertz CT molecular complexity index is 341. The van der Waals surface area contributed by atoms with Crippen molar-refractivity contribution in [2.75, 3.05) is 19.7 Å². The number of nitrogens with one attached hydrogen (secondary N) is 1. The van der Waals surface area contributed by atoms with E-state index in [1.165, 1.54) is 0 Å². The van der Waals surface area contributed by atoms with E-state index in [-0.39, 0.29) is 37.9 Å². The fourth-order valence-electron chi connectivity index (χ4n) is 3.03. The summed E-state index contributed by atoms with van der Waals surface area (Å²) in [7, 11) is 0. The molecule has 0 saturated carbocycles. The number of carbonyl (C=O) groups is 1. The van der Waals surface area contributed by atoms with Gasteiger partial charge in [-0.3, -0.25) is 4.79 Å². The highest BCUT2D eigenvalue weighted by Gasteiger charge is 2.43. The molecule has 0 aromatic carbocycles. The molecule has 2 aliphatic rings. The van der Waals surface area contributed by atoms with Gasteiger partial charge in [0.25, 0.3) is 0 Å². The van der Waals surface area contributed by atoms with E-state index in [0.29, 0.717) is 6.54 Å². The molecule has 2 heterocycles. The van der Waals surface area contributed by atoms with Crippen LogP contribution in [0.25, 0.3) is 0 Å². The van der Waals surface area contributed by atoms with Crippen molar-refractivity contribution in [1.29, 1.82) is 0 Å². The van der Waals surface area contributed by atoms with Crippen molar-refractivity contribution in [3.05, 3.63) is 0 Å². The Morgan fingerprint density at radius 3 is 2.55 bits per heavy atom. The third-order valence-electron chi connectivity index (χ3n) is 4.30. The number of hydrogen-bond acceptors (Lipinski definition) is 3. The van der Waals surface area contributed by atoms with Crippen LogP contribution in [0.1, 0.15) is 32.1 Å². The number of aliphatic hydroxyl groups is 1. The van der Waals surface area contributed by atoms with E-state index in [4.69, 9.17) is 0 Å². The summed E-state index contributed by atoms with van der Waals surface area (Å²) >= 11 is 0. The van der Waals surface area contributed by atoms with Gasteiger partial charge < -0.3 is 15.3 Å². The molecule has 0 radical (unpaired) electrons. The van der Waals surface area contributed by atoms with Gasteiger partial charge in [0.2, 0.25) is 5.91 Å². The molecule has 1 amide bonds. The number of carbonyl (C=O) groups excluding carboxylic acids is 1. The summed E-state index contributed by atoms with van der Waals surface area (Å²) in [4.78, 5) is 14.0. The van der Waals surface area contributed by atoms with Crippen LogP contribution in [-0.2, 0) is 4.79 Å². The Morgan fingerprint density at radius 2 is 2.00 bits per heavy atom. The highest BCUT2D eigenvalue weighted by Crippen LogP contribution is 2.32. The van der Waals surface area contributed by atoms with Crippen LogP contribution >= 0.6 is 0 Å². The highest BCUT2D eigenvalue weighted by molar-refractivity contribution is 5.82. The van der Waals surface area contributed by atoms with Gasteiger partial charge in [0.1, 0.15) is 0 Å². The maximum Gasteiger partial charge on any atom is 0.393 e. The quantitative estimate of drug-likeness (QED) is 0.807. The highest BCUT2D eigenvalue weighted by atomic mass is 19.4. The van der Waals surface area contributed by atoms with Gasteiger partial charge in [0.15, 0.2) is 0 Å². The largest absolute Gasteiger partial charge is 0.394 e. The van der Waals surface area contributed by atoms with Gasteiger partial charge in [0.05, 0.1) is 24.6 Å². The molecule has 2 fully saturated rings. The van der Waals surface area contributed by atoms with E-state index < -0.39 is 18.1 Å². The first-order valence-corrected chi connectivity index (χ1v) is 7.15. The number of piperidine rings is 2. The van der Waals surface area contributed by atoms with Crippen LogP contribution in [0.3, 0.4) is 0 Å². The van der Waals surface area contributed by atoms with Crippen LogP contribution < -0.4 is 5.32 Å². The molecule has 2 saturated heterocycles. The van der Waals surface area contributed by atoms with Gasteiger partial charge in [-0.05, 0) is 32.1 Å². The second kappa shape index (κ2) is 6.30. The van der Waals surface area contributed by atoms with Crippen molar-refractivity contribution in [2.24, 2.45) is 5.92 Å². The topological polar surface area (TPSA) is 52.6 Å². The van der Waals surface area contributed by atoms with Crippen molar-refractivity contribution in [3.63, 3.8) is 0 Å². The zero-order valence-electron chi connectivity index (χ0n) is 11.3. The van der Waals surface area contributed by atoms with Crippen LogP contribution in [-0.4, -0.2) is 53.9 Å². The summed E-state index contributed by atoms with van der Waals surface area (Å²) in [5.41, 5.74) is 0. The molecule has 0 aliphatic carbocycles. The second-order valence-corrected chi connectivity index (χ2v) is 5.64. The first kappa shape index (κ1) is 15.6. The van der Waals surface area contributed by atoms with Gasteiger partial charge in [-0.2, -0.15) is 13.2 Å². The average Bonchev–Trinajstić information content (AvgIpc) is 2.45. The maximum absolute atomic E-state index is 12.6. The molecule has 7 heteroatoms. The third kappa shape index (κ3) is 3.44. The van der Waals surface area contributed by atoms with E-state index >= 15 is 0 Å². The Hall–Kier alpha value is -0.820. The summed E-state index contributed by atoms with van der Waals surface area (Å²) in [5.74, 6) is -1.52. The van der Waals surface area contributed by atoms with E-state index in [0.717, 1.165) is 19.3 Å². The summed E-state index contributed by atoms with van der Waals surface area (Å²) in [5, 5.41) is 12.0. The fourth-order valence-corrected chi connectivity index (χ4v) is 3.03. The van der Waals surface area contributed by atoms with Crippen LogP contribution in [0.5, 0.6) is 0 Å². The number of rotatable bonds is 2. The summed E-state index contributed by atoms with van der Waals surface area (Å²) in [6.45, 7) is 0.312. The zero-order valence-corrected chi connectivity index (χ0v) is 11.3. The molecule has 2 rings (SSSR count). The molecule has 3 atom stereocenters. The Balaban J connectivity index is 1.91. The molecule has 2 N–H and O–H groups in total. The number of amides is 1. The van der Waals surface area contributed by atoms with Crippen molar-refractivity contribution in [3.8, 4) is 0 Å². The molecule has 20 heavy (non-hydrogen) atoms. The minimum atomic E-state index is -4.19. The number of aliphatic hydroxyl groups excluding tert-OH is 1. The lowest BCUT2D eigenvalue weighted by Gasteiger charge is -2.39. The molecule has 0 spiro atoms. The van der Waals surface area contributed by atoms with E-state index in [1.54, 1.807) is 4.90 Å². The minimum Gasteiger partial charge on any atom is -0.394 e. The number of alkyl halides is 3. The Labute approximate surface area is 116 Å². The zero-order chi connectivity index (χ0) is 14.8. The number of halogens is 3. The third-order valence-corrected chi connectivity index (χ3v) is 4.30. The minimum absolute atomic E-state index is 0.00939. The van der Waals surface area contributed by atoms with Crippen molar-refractivity contribution in [1.82, 2.24) is 10.2 Å². The first-order chi connectivity index (χ1) is 9.43. The SMILES string of the molecule is O=C(C1CCC(C(F)(F)F)CN1)N1CCCCC1CO. The lowest BCUT2D eigenvalue weighted by molar-refractivity contribution is -0.181. The fraction of sp³-hybridized carbons (Fsp3) is 0.923. The van der Waals surface area contributed by atoms with Gasteiger partial charge in [-0.25, -0.2) is 0 Å². The monoisotopic (exact) mass is 294 g/mol. The summed E-state index contributed by atoms with van der Waals surface area (Å²) < 4.78 is 37.7. The van der Waals surface area contributed by atoms with Crippen molar-refractivity contribution < 1.29 is 23.1 Å². The second-order valence-electron chi connectivity index (χ2n) is 5.64. The lowest BCUT2D eigenvalue weighted by Crippen LogP contribution is -2.56. The van der Waals surface area contributed by atoms with Crippen molar-refractivity contribution >= 4 is 5.91 Å². The lowest BCUT2D eigenvalue weighted by atomic mass is 9.92. The molecule has 116 valence electrons. The van der Waals surface area contributed by atoms with Gasteiger partial charge >= 0.3 is 6.18 Å². The van der Waals surface area contributed by atoms with Crippen molar-refractivity contribution in [2.45, 2.75) is 50.4 Å². The maximum atomic E-state index is 12.6. The van der Waals surface area contributed by atoms with E-state index in [9.17, 15) is 23.1 Å². The number of hydrogen-bond donors (Lipinski definition) is 2. The molecular formula is C13H21F3N2O2. The first-order valence-electron chi connectivity index (χ1n) is 7.15. The van der Waals surface area contributed by atoms with Crippen LogP contribution in [0.2, 0.25) is 0 Å². The van der Waals surface area contributed by atoms with Crippen LogP contribution in [0.4, 0.5) is 13.2 Å². The molecule has 0 bridgehead atoms. The standard InChI is InChI=1S/C13H21F3N2O2/c14-13(15,16)9-4-5-11(17-7-9)12(20)18-6-2-1-3-10(18)8-19/h9-11,17,19H,1-8H2. The molecule has 0 aromatic heterocycles. The predicted molar refractivity (Wildman–Crippen MR) is 67.0 cm³/mol. The Morgan fingerprint density at radius 1 is 1.25 bits per heavy atom. The van der Waals surface area contributed by atoms with E-state index in [1.807, 2.05) is 0 Å². The molecule has 3 unspecified atom stereocenters. The number of likely N-dealkylation sites (tertiary alicyclic amines) is 1. The molecule has 4 nitrogen and oxygen atoms in total. The Kier molecular flexibility index (Phi) is 4.90. The van der Waals surface area contributed by atoms with Gasteiger partial charge in [0, 0.05) is 13.1 Å². The van der Waals surface area contributed by atoms with Crippen LogP contribution in [0.15, 0.2) is 0 Å². The van der Waals surface area contributed by atoms with Crippen LogP contribution in [0, 0.1) is 5.92 Å². The van der Waals surface area contributed by atoms with E-state index in [2.05, 4.69) is 5.32 Å². The summed E-state index contributed by atoms with van der Waals surface area (Å²) in [6.07, 6.45) is -1.37. The molecule has 0 aromatic rings. The van der Waals surface area contributed by atoms with Gasteiger partial charge in [-0.1, -0.05) is 0 Å². The summed E-state index contributed by atoms with van der Waals surface area (Å²) in [6, 6.07) is -0.723. The normalized spacial score (nSPS) is 32.2. The smallest absolute Gasteiger partial charge is 0.393 e. The molecule has 2 aliphatic heterocycles.